The van der Waals surface area contributed by atoms with Crippen LogP contribution in [-0.4, -0.2) is 18.0 Å². The molecule has 1 aromatic rings. The van der Waals surface area contributed by atoms with Crippen LogP contribution in [0.3, 0.4) is 0 Å². The van der Waals surface area contributed by atoms with Crippen molar-refractivity contribution in [3.8, 4) is 0 Å². The predicted octanol–water partition coefficient (Wildman–Crippen LogP) is 2.15. The standard InChI is InChI=1S/C13H17IN2O/c1-13(8-15,9-6-7-9)16-12(17)10-4-2-3-5-11(10)14/h2-5,9H,6-8,15H2,1H3,(H,16,17). The van der Waals surface area contributed by atoms with Crippen LogP contribution in [0.1, 0.15) is 30.1 Å². The molecule has 0 spiro atoms. The molecule has 1 saturated carbocycles. The largest absolute Gasteiger partial charge is 0.345 e. The summed E-state index contributed by atoms with van der Waals surface area (Å²) in [6.07, 6.45) is 2.33. The molecule has 0 aliphatic heterocycles. The van der Waals surface area contributed by atoms with E-state index in [9.17, 15) is 4.79 Å². The number of halogens is 1. The van der Waals surface area contributed by atoms with Gasteiger partial charge >= 0.3 is 0 Å². The molecule has 0 heterocycles. The van der Waals surface area contributed by atoms with Crippen molar-refractivity contribution in [2.24, 2.45) is 11.7 Å². The van der Waals surface area contributed by atoms with E-state index in [1.165, 1.54) is 12.8 Å². The molecule has 2 rings (SSSR count). The average molecular weight is 344 g/mol. The molecule has 0 bridgehead atoms. The van der Waals surface area contributed by atoms with Crippen molar-refractivity contribution in [3.63, 3.8) is 0 Å². The van der Waals surface area contributed by atoms with E-state index in [4.69, 9.17) is 5.73 Å². The van der Waals surface area contributed by atoms with E-state index in [1.807, 2.05) is 31.2 Å². The molecular weight excluding hydrogens is 327 g/mol. The molecule has 0 radical (unpaired) electrons. The van der Waals surface area contributed by atoms with Crippen LogP contribution in [0.2, 0.25) is 0 Å². The van der Waals surface area contributed by atoms with Crippen molar-refractivity contribution >= 4 is 28.5 Å². The van der Waals surface area contributed by atoms with E-state index in [0.29, 0.717) is 12.5 Å². The lowest BCUT2D eigenvalue weighted by Crippen LogP contribution is -2.53. The highest BCUT2D eigenvalue weighted by Gasteiger charge is 2.41. The monoisotopic (exact) mass is 344 g/mol. The molecular formula is C13H17IN2O. The molecule has 0 aromatic heterocycles. The highest BCUT2D eigenvalue weighted by atomic mass is 127. The van der Waals surface area contributed by atoms with Crippen LogP contribution in [0.15, 0.2) is 24.3 Å². The summed E-state index contributed by atoms with van der Waals surface area (Å²) < 4.78 is 0.970. The van der Waals surface area contributed by atoms with Gasteiger partial charge in [-0.15, -0.1) is 0 Å². The maximum atomic E-state index is 12.2. The molecule has 1 fully saturated rings. The second-order valence-electron chi connectivity index (χ2n) is 4.83. The van der Waals surface area contributed by atoms with Gasteiger partial charge in [-0.05, 0) is 60.4 Å². The maximum absolute atomic E-state index is 12.2. The second-order valence-corrected chi connectivity index (χ2v) is 5.99. The minimum absolute atomic E-state index is 0.0187. The molecule has 1 aliphatic rings. The third-order valence-corrected chi connectivity index (χ3v) is 4.36. The van der Waals surface area contributed by atoms with Crippen LogP contribution in [0, 0.1) is 9.49 Å². The Kier molecular flexibility index (Phi) is 3.73. The minimum atomic E-state index is -0.254. The van der Waals surface area contributed by atoms with Gasteiger partial charge in [-0.25, -0.2) is 0 Å². The first-order valence-corrected chi connectivity index (χ1v) is 6.92. The topological polar surface area (TPSA) is 55.1 Å². The lowest BCUT2D eigenvalue weighted by Gasteiger charge is -2.29. The molecule has 4 heteroatoms. The fourth-order valence-corrected chi connectivity index (χ4v) is 2.64. The highest BCUT2D eigenvalue weighted by molar-refractivity contribution is 14.1. The van der Waals surface area contributed by atoms with Gasteiger partial charge < -0.3 is 11.1 Å². The molecule has 1 aromatic carbocycles. The van der Waals surface area contributed by atoms with Gasteiger partial charge in [0.1, 0.15) is 0 Å². The number of amides is 1. The fraction of sp³-hybridized carbons (Fsp3) is 0.462. The minimum Gasteiger partial charge on any atom is -0.345 e. The van der Waals surface area contributed by atoms with Crippen molar-refractivity contribution in [3.05, 3.63) is 33.4 Å². The number of carbonyl (C=O) groups is 1. The summed E-state index contributed by atoms with van der Waals surface area (Å²) in [5.41, 5.74) is 6.27. The van der Waals surface area contributed by atoms with Gasteiger partial charge in [0.15, 0.2) is 0 Å². The third kappa shape index (κ3) is 2.80. The quantitative estimate of drug-likeness (QED) is 0.823. The lowest BCUT2D eigenvalue weighted by atomic mass is 9.95. The Balaban J connectivity index is 2.13. The van der Waals surface area contributed by atoms with Gasteiger partial charge in [0.05, 0.1) is 11.1 Å². The molecule has 3 N–H and O–H groups in total. The zero-order valence-corrected chi connectivity index (χ0v) is 12.0. The van der Waals surface area contributed by atoms with Crippen LogP contribution in [-0.2, 0) is 0 Å². The highest BCUT2D eigenvalue weighted by Crippen LogP contribution is 2.39. The summed E-state index contributed by atoms with van der Waals surface area (Å²) in [5.74, 6) is 0.521. The van der Waals surface area contributed by atoms with E-state index in [2.05, 4.69) is 27.9 Å². The first-order chi connectivity index (χ1) is 8.07. The number of hydrogen-bond acceptors (Lipinski definition) is 2. The number of carbonyl (C=O) groups excluding carboxylic acids is 1. The van der Waals surface area contributed by atoms with Crippen molar-refractivity contribution in [1.82, 2.24) is 5.32 Å². The third-order valence-electron chi connectivity index (χ3n) is 3.42. The molecule has 1 aliphatic carbocycles. The van der Waals surface area contributed by atoms with Crippen LogP contribution in [0.25, 0.3) is 0 Å². The van der Waals surface area contributed by atoms with Crippen molar-refractivity contribution in [2.75, 3.05) is 6.54 Å². The number of hydrogen-bond donors (Lipinski definition) is 2. The lowest BCUT2D eigenvalue weighted by molar-refractivity contribution is 0.0897. The van der Waals surface area contributed by atoms with E-state index in [1.54, 1.807) is 0 Å². The van der Waals surface area contributed by atoms with E-state index < -0.39 is 0 Å². The molecule has 92 valence electrons. The number of rotatable bonds is 4. The SMILES string of the molecule is CC(CN)(NC(=O)c1ccccc1I)C1CC1. The molecule has 1 atom stereocenters. The Hall–Kier alpha value is -0.620. The molecule has 3 nitrogen and oxygen atoms in total. The Morgan fingerprint density at radius 1 is 1.53 bits per heavy atom. The van der Waals surface area contributed by atoms with Gasteiger partial charge in [0.2, 0.25) is 0 Å². The van der Waals surface area contributed by atoms with Crippen LogP contribution < -0.4 is 11.1 Å². The Labute approximate surface area is 115 Å². The smallest absolute Gasteiger partial charge is 0.252 e. The van der Waals surface area contributed by atoms with Gasteiger partial charge in [-0.1, -0.05) is 12.1 Å². The van der Waals surface area contributed by atoms with Gasteiger partial charge in [0, 0.05) is 10.1 Å². The first-order valence-electron chi connectivity index (χ1n) is 5.84. The number of benzene rings is 1. The average Bonchev–Trinajstić information content (AvgIpc) is 3.13. The fourth-order valence-electron chi connectivity index (χ4n) is 2.01. The molecule has 17 heavy (non-hydrogen) atoms. The zero-order valence-electron chi connectivity index (χ0n) is 9.87. The first kappa shape index (κ1) is 12.8. The van der Waals surface area contributed by atoms with Gasteiger partial charge in [-0.2, -0.15) is 0 Å². The van der Waals surface area contributed by atoms with Crippen molar-refractivity contribution < 1.29 is 4.79 Å². The Bertz CT molecular complexity index is 431. The van der Waals surface area contributed by atoms with Crippen LogP contribution >= 0.6 is 22.6 Å². The predicted molar refractivity (Wildman–Crippen MR) is 76.8 cm³/mol. The summed E-state index contributed by atoms with van der Waals surface area (Å²) in [5, 5.41) is 3.09. The maximum Gasteiger partial charge on any atom is 0.252 e. The summed E-state index contributed by atoms with van der Waals surface area (Å²) in [4.78, 5) is 12.2. The normalized spacial score (nSPS) is 18.5. The molecule has 0 saturated heterocycles. The Morgan fingerprint density at radius 3 is 2.71 bits per heavy atom. The molecule has 1 amide bonds. The summed E-state index contributed by atoms with van der Waals surface area (Å²) in [6.45, 7) is 2.53. The number of nitrogens with two attached hydrogens (primary N) is 1. The van der Waals surface area contributed by atoms with E-state index in [0.717, 1.165) is 9.13 Å². The summed E-state index contributed by atoms with van der Waals surface area (Å²) >= 11 is 2.18. The van der Waals surface area contributed by atoms with Gasteiger partial charge in [0.25, 0.3) is 5.91 Å². The summed E-state index contributed by atoms with van der Waals surface area (Å²) in [7, 11) is 0. The summed E-state index contributed by atoms with van der Waals surface area (Å²) in [6, 6.07) is 7.60. The number of nitrogens with one attached hydrogen (secondary N) is 1. The second kappa shape index (κ2) is 4.94. The zero-order chi connectivity index (χ0) is 12.5. The van der Waals surface area contributed by atoms with Crippen molar-refractivity contribution in [1.29, 1.82) is 0 Å². The van der Waals surface area contributed by atoms with Crippen LogP contribution in [0.5, 0.6) is 0 Å². The Morgan fingerprint density at radius 2 is 2.18 bits per heavy atom. The molecule has 1 unspecified atom stereocenters. The van der Waals surface area contributed by atoms with Crippen molar-refractivity contribution in [2.45, 2.75) is 25.3 Å². The van der Waals surface area contributed by atoms with Gasteiger partial charge in [-0.3, -0.25) is 4.79 Å². The van der Waals surface area contributed by atoms with E-state index in [-0.39, 0.29) is 11.4 Å². The van der Waals surface area contributed by atoms with E-state index >= 15 is 0 Å². The van der Waals surface area contributed by atoms with Crippen LogP contribution in [0.4, 0.5) is 0 Å².